The lowest BCUT2D eigenvalue weighted by Gasteiger charge is -2.34. The molecule has 2 rings (SSSR count). The summed E-state index contributed by atoms with van der Waals surface area (Å²) in [5, 5.41) is 8.84. The van der Waals surface area contributed by atoms with Crippen molar-refractivity contribution in [1.29, 1.82) is 0 Å². The van der Waals surface area contributed by atoms with Crippen LogP contribution in [0, 0.1) is 0 Å². The van der Waals surface area contributed by atoms with Gasteiger partial charge in [0.2, 0.25) is 11.8 Å². The second-order valence-corrected chi connectivity index (χ2v) is 5.39. The average molecular weight is 304 g/mol. The molecule has 0 atom stereocenters. The van der Waals surface area contributed by atoms with Crippen LogP contribution in [0.25, 0.3) is 0 Å². The van der Waals surface area contributed by atoms with Crippen LogP contribution in [0.2, 0.25) is 0 Å². The molecule has 1 aliphatic rings. The fourth-order valence-electron chi connectivity index (χ4n) is 2.49. The van der Waals surface area contributed by atoms with Gasteiger partial charge < -0.3 is 14.9 Å². The highest BCUT2D eigenvalue weighted by molar-refractivity contribution is 5.87. The van der Waals surface area contributed by atoms with E-state index in [0.29, 0.717) is 39.0 Å². The van der Waals surface area contributed by atoms with E-state index in [-0.39, 0.29) is 17.4 Å². The Hall–Kier alpha value is -2.37. The van der Waals surface area contributed by atoms with Gasteiger partial charge in [0.1, 0.15) is 0 Å². The Bertz CT molecular complexity index is 560. The molecule has 0 radical (unpaired) electrons. The zero-order valence-electron chi connectivity index (χ0n) is 12.6. The number of carboxylic acids is 1. The second-order valence-electron chi connectivity index (χ2n) is 5.39. The first-order valence-corrected chi connectivity index (χ1v) is 7.33. The van der Waals surface area contributed by atoms with Gasteiger partial charge in [0.25, 0.3) is 0 Å². The molecule has 0 unspecified atom stereocenters. The first-order valence-electron chi connectivity index (χ1n) is 7.33. The molecule has 1 aromatic carbocycles. The molecule has 1 aliphatic heterocycles. The first-order chi connectivity index (χ1) is 10.5. The number of carboxylic acid groups (broad SMARTS) is 1. The Balaban J connectivity index is 1.80. The zero-order chi connectivity index (χ0) is 16.1. The first kappa shape index (κ1) is 16.0. The van der Waals surface area contributed by atoms with Gasteiger partial charge in [0.05, 0.1) is 5.56 Å². The number of aryl methyl sites for hydroxylation is 1. The molecule has 0 spiro atoms. The number of rotatable bonds is 4. The lowest BCUT2D eigenvalue weighted by Crippen LogP contribution is -2.50. The third-order valence-corrected chi connectivity index (χ3v) is 3.91. The van der Waals surface area contributed by atoms with Crippen molar-refractivity contribution in [2.75, 3.05) is 26.2 Å². The zero-order valence-corrected chi connectivity index (χ0v) is 12.6. The largest absolute Gasteiger partial charge is 0.478 e. The maximum atomic E-state index is 12.2. The van der Waals surface area contributed by atoms with Gasteiger partial charge in [0, 0.05) is 39.5 Å². The van der Waals surface area contributed by atoms with E-state index in [4.69, 9.17) is 5.11 Å². The average Bonchev–Trinajstić information content (AvgIpc) is 2.53. The molecular weight excluding hydrogens is 284 g/mol. The Morgan fingerprint density at radius 2 is 1.55 bits per heavy atom. The number of benzene rings is 1. The van der Waals surface area contributed by atoms with Gasteiger partial charge >= 0.3 is 5.97 Å². The number of hydrogen-bond acceptors (Lipinski definition) is 3. The summed E-state index contributed by atoms with van der Waals surface area (Å²) in [5.41, 5.74) is 1.19. The number of hydrogen-bond donors (Lipinski definition) is 1. The van der Waals surface area contributed by atoms with E-state index in [0.717, 1.165) is 5.56 Å². The lowest BCUT2D eigenvalue weighted by molar-refractivity contribution is -0.138. The fourth-order valence-corrected chi connectivity index (χ4v) is 2.49. The highest BCUT2D eigenvalue weighted by atomic mass is 16.4. The maximum Gasteiger partial charge on any atom is 0.335 e. The summed E-state index contributed by atoms with van der Waals surface area (Å²) in [4.78, 5) is 37.7. The molecule has 6 heteroatoms. The van der Waals surface area contributed by atoms with Crippen LogP contribution < -0.4 is 0 Å². The van der Waals surface area contributed by atoms with E-state index in [1.165, 1.54) is 6.92 Å². The van der Waals surface area contributed by atoms with Gasteiger partial charge in [0.15, 0.2) is 0 Å². The SMILES string of the molecule is CC(=O)N1CCN(C(=O)CCc2ccc(C(=O)O)cc2)CC1. The van der Waals surface area contributed by atoms with Gasteiger partial charge in [-0.2, -0.15) is 0 Å². The van der Waals surface area contributed by atoms with Crippen LogP contribution in [0.4, 0.5) is 0 Å². The Morgan fingerprint density at radius 3 is 2.05 bits per heavy atom. The second kappa shape index (κ2) is 7.06. The molecule has 0 bridgehead atoms. The van der Waals surface area contributed by atoms with Gasteiger partial charge in [-0.25, -0.2) is 4.79 Å². The number of amides is 2. The predicted molar refractivity (Wildman–Crippen MR) is 80.6 cm³/mol. The molecule has 0 aliphatic carbocycles. The van der Waals surface area contributed by atoms with Crippen molar-refractivity contribution < 1.29 is 19.5 Å². The van der Waals surface area contributed by atoms with Crippen LogP contribution in [0.1, 0.15) is 29.3 Å². The Labute approximate surface area is 129 Å². The molecular formula is C16H20N2O4. The molecule has 1 N–H and O–H groups in total. The van der Waals surface area contributed by atoms with Crippen molar-refractivity contribution in [2.24, 2.45) is 0 Å². The smallest absolute Gasteiger partial charge is 0.335 e. The van der Waals surface area contributed by atoms with E-state index < -0.39 is 5.97 Å². The molecule has 22 heavy (non-hydrogen) atoms. The molecule has 1 fully saturated rings. The fraction of sp³-hybridized carbons (Fsp3) is 0.438. The number of carbonyl (C=O) groups excluding carboxylic acids is 2. The third kappa shape index (κ3) is 4.07. The van der Waals surface area contributed by atoms with Gasteiger partial charge in [-0.1, -0.05) is 12.1 Å². The van der Waals surface area contributed by atoms with Crippen LogP contribution in [0.5, 0.6) is 0 Å². The summed E-state index contributed by atoms with van der Waals surface area (Å²) in [6.07, 6.45) is 0.984. The topological polar surface area (TPSA) is 77.9 Å². The Kier molecular flexibility index (Phi) is 5.14. The van der Waals surface area contributed by atoms with Crippen molar-refractivity contribution >= 4 is 17.8 Å². The number of carbonyl (C=O) groups is 3. The van der Waals surface area contributed by atoms with Crippen molar-refractivity contribution in [3.8, 4) is 0 Å². The van der Waals surface area contributed by atoms with E-state index >= 15 is 0 Å². The monoisotopic (exact) mass is 304 g/mol. The standard InChI is InChI=1S/C16H20N2O4/c1-12(19)17-8-10-18(11-9-17)15(20)7-4-13-2-5-14(6-3-13)16(21)22/h2-3,5-6H,4,7-11H2,1H3,(H,21,22). The van der Waals surface area contributed by atoms with E-state index in [1.54, 1.807) is 34.1 Å². The van der Waals surface area contributed by atoms with Crippen molar-refractivity contribution in [1.82, 2.24) is 9.80 Å². The highest BCUT2D eigenvalue weighted by Crippen LogP contribution is 2.10. The van der Waals surface area contributed by atoms with E-state index in [9.17, 15) is 14.4 Å². The van der Waals surface area contributed by atoms with Gasteiger partial charge in [-0.15, -0.1) is 0 Å². The molecule has 0 aromatic heterocycles. The highest BCUT2D eigenvalue weighted by Gasteiger charge is 2.21. The summed E-state index contributed by atoms with van der Waals surface area (Å²) in [7, 11) is 0. The molecule has 6 nitrogen and oxygen atoms in total. The van der Waals surface area contributed by atoms with Crippen molar-refractivity contribution in [3.05, 3.63) is 35.4 Å². The molecule has 118 valence electrons. The third-order valence-electron chi connectivity index (χ3n) is 3.91. The number of nitrogens with zero attached hydrogens (tertiary/aromatic N) is 2. The normalized spacial score (nSPS) is 14.8. The van der Waals surface area contributed by atoms with Crippen LogP contribution in [-0.4, -0.2) is 58.9 Å². The lowest BCUT2D eigenvalue weighted by atomic mass is 10.1. The molecule has 2 amide bonds. The summed E-state index contributed by atoms with van der Waals surface area (Å²) in [6, 6.07) is 6.58. The maximum absolute atomic E-state index is 12.2. The number of piperazine rings is 1. The minimum Gasteiger partial charge on any atom is -0.478 e. The molecule has 1 heterocycles. The van der Waals surface area contributed by atoms with E-state index in [2.05, 4.69) is 0 Å². The van der Waals surface area contributed by atoms with Crippen LogP contribution >= 0.6 is 0 Å². The van der Waals surface area contributed by atoms with Crippen LogP contribution in [0.3, 0.4) is 0 Å². The quantitative estimate of drug-likeness (QED) is 0.900. The summed E-state index contributed by atoms with van der Waals surface area (Å²) in [6.45, 7) is 3.88. The van der Waals surface area contributed by atoms with Crippen LogP contribution in [-0.2, 0) is 16.0 Å². The minimum atomic E-state index is -0.953. The van der Waals surface area contributed by atoms with E-state index in [1.807, 2.05) is 0 Å². The summed E-state index contributed by atoms with van der Waals surface area (Å²) >= 11 is 0. The van der Waals surface area contributed by atoms with Crippen LogP contribution in [0.15, 0.2) is 24.3 Å². The van der Waals surface area contributed by atoms with Crippen molar-refractivity contribution in [2.45, 2.75) is 19.8 Å². The Morgan fingerprint density at radius 1 is 1.00 bits per heavy atom. The molecule has 1 saturated heterocycles. The number of aromatic carboxylic acids is 1. The minimum absolute atomic E-state index is 0.0469. The van der Waals surface area contributed by atoms with Gasteiger partial charge in [-0.05, 0) is 24.1 Å². The summed E-state index contributed by atoms with van der Waals surface area (Å²) in [5.74, 6) is -0.831. The molecule has 0 saturated carbocycles. The predicted octanol–water partition coefficient (Wildman–Crippen LogP) is 1.01. The van der Waals surface area contributed by atoms with Crippen molar-refractivity contribution in [3.63, 3.8) is 0 Å². The molecule has 1 aromatic rings. The summed E-state index contributed by atoms with van der Waals surface area (Å²) < 4.78 is 0. The van der Waals surface area contributed by atoms with Gasteiger partial charge in [-0.3, -0.25) is 9.59 Å².